The molecule has 2 fully saturated rings. The summed E-state index contributed by atoms with van der Waals surface area (Å²) in [5.41, 5.74) is 6.31. The number of hydrogen-bond acceptors (Lipinski definition) is 2. The number of nitrogens with two attached hydrogens (primary N) is 1. The quantitative estimate of drug-likeness (QED) is 0.806. The topological polar surface area (TPSA) is 39.2 Å². The Balaban J connectivity index is 1.77. The van der Waals surface area contributed by atoms with Crippen molar-refractivity contribution >= 4 is 0 Å². The van der Waals surface area contributed by atoms with Gasteiger partial charge in [-0.1, -0.05) is 6.42 Å². The van der Waals surface area contributed by atoms with Gasteiger partial charge in [-0.3, -0.25) is 0 Å². The number of aryl methyl sites for hydroxylation is 1. The first-order valence-electron chi connectivity index (χ1n) is 6.06. The molecule has 0 aromatic carbocycles. The molecule has 2 heteroatoms. The molecule has 4 atom stereocenters. The average molecular weight is 205 g/mol. The first-order valence-corrected chi connectivity index (χ1v) is 6.06. The van der Waals surface area contributed by atoms with Crippen molar-refractivity contribution in [3.63, 3.8) is 0 Å². The number of fused-ring (bicyclic) bond motifs is 2. The number of rotatable bonds is 2. The summed E-state index contributed by atoms with van der Waals surface area (Å²) in [6.07, 6.45) is 5.57. The van der Waals surface area contributed by atoms with Crippen LogP contribution >= 0.6 is 0 Å². The van der Waals surface area contributed by atoms with Crippen LogP contribution in [0, 0.1) is 24.7 Å². The van der Waals surface area contributed by atoms with Crippen molar-refractivity contribution < 1.29 is 4.42 Å². The second-order valence-corrected chi connectivity index (χ2v) is 5.31. The molecule has 82 valence electrons. The van der Waals surface area contributed by atoms with Gasteiger partial charge in [-0.2, -0.15) is 0 Å². The van der Waals surface area contributed by atoms with E-state index in [1.807, 2.05) is 19.1 Å². The normalized spacial score (nSPS) is 36.0. The van der Waals surface area contributed by atoms with Gasteiger partial charge in [-0.15, -0.1) is 0 Å². The summed E-state index contributed by atoms with van der Waals surface area (Å²) >= 11 is 0. The van der Waals surface area contributed by atoms with E-state index in [0.717, 1.165) is 23.4 Å². The first kappa shape index (κ1) is 9.46. The van der Waals surface area contributed by atoms with Gasteiger partial charge in [0.1, 0.15) is 11.5 Å². The SMILES string of the molecule is Cc1ccc(C(N)C2CC3CCC2C3)o1. The van der Waals surface area contributed by atoms with Crippen LogP contribution in [0.1, 0.15) is 43.2 Å². The largest absolute Gasteiger partial charge is 0.465 e. The minimum Gasteiger partial charge on any atom is -0.465 e. The fourth-order valence-electron chi connectivity index (χ4n) is 3.58. The van der Waals surface area contributed by atoms with E-state index < -0.39 is 0 Å². The maximum atomic E-state index is 6.31. The van der Waals surface area contributed by atoms with Gasteiger partial charge in [0.2, 0.25) is 0 Å². The van der Waals surface area contributed by atoms with Crippen LogP contribution in [-0.2, 0) is 0 Å². The molecule has 2 aliphatic carbocycles. The van der Waals surface area contributed by atoms with E-state index in [1.165, 1.54) is 25.7 Å². The monoisotopic (exact) mass is 205 g/mol. The zero-order valence-corrected chi connectivity index (χ0v) is 9.28. The second kappa shape index (κ2) is 3.38. The zero-order chi connectivity index (χ0) is 10.4. The van der Waals surface area contributed by atoms with Crippen LogP contribution < -0.4 is 5.73 Å². The van der Waals surface area contributed by atoms with Crippen LogP contribution in [0.5, 0.6) is 0 Å². The minimum atomic E-state index is 0.133. The predicted octanol–water partition coefficient (Wildman–Crippen LogP) is 3.02. The molecular weight excluding hydrogens is 186 g/mol. The van der Waals surface area contributed by atoms with Crippen molar-refractivity contribution in [2.24, 2.45) is 23.5 Å². The summed E-state index contributed by atoms with van der Waals surface area (Å²) in [5.74, 6) is 4.47. The summed E-state index contributed by atoms with van der Waals surface area (Å²) in [6, 6.07) is 4.20. The maximum Gasteiger partial charge on any atom is 0.121 e. The van der Waals surface area contributed by atoms with Gasteiger partial charge in [0.25, 0.3) is 0 Å². The average Bonchev–Trinajstić information content (AvgIpc) is 2.90. The molecule has 3 rings (SSSR count). The fraction of sp³-hybridized carbons (Fsp3) is 0.692. The van der Waals surface area contributed by atoms with E-state index in [4.69, 9.17) is 10.2 Å². The standard InChI is InChI=1S/C13H19NO/c1-8-2-5-12(15-8)13(14)11-7-9-3-4-10(11)6-9/h2,5,9-11,13H,3-4,6-7,14H2,1H3. The molecule has 2 bridgehead atoms. The van der Waals surface area contributed by atoms with Crippen LogP contribution in [0.4, 0.5) is 0 Å². The van der Waals surface area contributed by atoms with Gasteiger partial charge in [0, 0.05) is 0 Å². The third kappa shape index (κ3) is 1.51. The summed E-state index contributed by atoms with van der Waals surface area (Å²) in [7, 11) is 0. The Kier molecular flexibility index (Phi) is 2.13. The molecule has 2 aliphatic rings. The van der Waals surface area contributed by atoms with Crippen LogP contribution in [0.25, 0.3) is 0 Å². The van der Waals surface area contributed by atoms with Gasteiger partial charge < -0.3 is 10.2 Å². The van der Waals surface area contributed by atoms with E-state index in [9.17, 15) is 0 Å². The molecule has 0 aliphatic heterocycles. The van der Waals surface area contributed by atoms with Gasteiger partial charge in [0.15, 0.2) is 0 Å². The van der Waals surface area contributed by atoms with Crippen LogP contribution in [0.2, 0.25) is 0 Å². The number of hydrogen-bond donors (Lipinski definition) is 1. The summed E-state index contributed by atoms with van der Waals surface area (Å²) in [4.78, 5) is 0. The molecule has 0 saturated heterocycles. The lowest BCUT2D eigenvalue weighted by molar-refractivity contribution is 0.258. The lowest BCUT2D eigenvalue weighted by Crippen LogP contribution is -2.25. The molecule has 0 amide bonds. The molecule has 0 spiro atoms. The third-order valence-electron chi connectivity index (χ3n) is 4.34. The van der Waals surface area contributed by atoms with Crippen LogP contribution in [0.15, 0.2) is 16.5 Å². The highest BCUT2D eigenvalue weighted by Gasteiger charge is 2.43. The van der Waals surface area contributed by atoms with E-state index >= 15 is 0 Å². The Morgan fingerprint density at radius 1 is 1.33 bits per heavy atom. The molecular formula is C13H19NO. The van der Waals surface area contributed by atoms with Crippen molar-refractivity contribution in [1.29, 1.82) is 0 Å². The van der Waals surface area contributed by atoms with Crippen LogP contribution in [-0.4, -0.2) is 0 Å². The Morgan fingerprint density at radius 3 is 2.73 bits per heavy atom. The second-order valence-electron chi connectivity index (χ2n) is 5.31. The van der Waals surface area contributed by atoms with E-state index in [2.05, 4.69) is 0 Å². The van der Waals surface area contributed by atoms with Crippen LogP contribution in [0.3, 0.4) is 0 Å². The Bertz CT molecular complexity index is 357. The first-order chi connectivity index (χ1) is 7.24. The number of furan rings is 1. The lowest BCUT2D eigenvalue weighted by atomic mass is 9.83. The lowest BCUT2D eigenvalue weighted by Gasteiger charge is -2.26. The van der Waals surface area contributed by atoms with Gasteiger partial charge in [0.05, 0.1) is 6.04 Å². The minimum absolute atomic E-state index is 0.133. The fourth-order valence-corrected chi connectivity index (χ4v) is 3.58. The summed E-state index contributed by atoms with van der Waals surface area (Å²) < 4.78 is 5.64. The van der Waals surface area contributed by atoms with Crippen molar-refractivity contribution in [3.8, 4) is 0 Å². The smallest absolute Gasteiger partial charge is 0.121 e. The highest BCUT2D eigenvalue weighted by atomic mass is 16.3. The van der Waals surface area contributed by atoms with Gasteiger partial charge >= 0.3 is 0 Å². The maximum absolute atomic E-state index is 6.31. The van der Waals surface area contributed by atoms with Crippen molar-refractivity contribution in [2.75, 3.05) is 0 Å². The van der Waals surface area contributed by atoms with Crippen molar-refractivity contribution in [2.45, 2.75) is 38.6 Å². The molecule has 15 heavy (non-hydrogen) atoms. The molecule has 1 heterocycles. The highest BCUT2D eigenvalue weighted by Crippen LogP contribution is 2.52. The predicted molar refractivity (Wildman–Crippen MR) is 59.3 cm³/mol. The Morgan fingerprint density at radius 2 is 2.20 bits per heavy atom. The Hall–Kier alpha value is -0.760. The van der Waals surface area contributed by atoms with Gasteiger partial charge in [-0.05, 0) is 56.1 Å². The molecule has 1 aromatic heterocycles. The molecule has 2 saturated carbocycles. The molecule has 1 aromatic rings. The van der Waals surface area contributed by atoms with Crippen molar-refractivity contribution in [1.82, 2.24) is 0 Å². The molecule has 0 radical (unpaired) electrons. The zero-order valence-electron chi connectivity index (χ0n) is 9.28. The molecule has 2 N–H and O–H groups in total. The van der Waals surface area contributed by atoms with Crippen molar-refractivity contribution in [3.05, 3.63) is 23.7 Å². The Labute approximate surface area is 90.8 Å². The molecule has 4 unspecified atom stereocenters. The van der Waals surface area contributed by atoms with E-state index in [1.54, 1.807) is 0 Å². The molecule has 2 nitrogen and oxygen atoms in total. The van der Waals surface area contributed by atoms with Gasteiger partial charge in [-0.25, -0.2) is 0 Å². The van der Waals surface area contributed by atoms with E-state index in [-0.39, 0.29) is 6.04 Å². The summed E-state index contributed by atoms with van der Waals surface area (Å²) in [5, 5.41) is 0. The summed E-state index contributed by atoms with van der Waals surface area (Å²) in [6.45, 7) is 1.98. The van der Waals surface area contributed by atoms with E-state index in [0.29, 0.717) is 5.92 Å². The third-order valence-corrected chi connectivity index (χ3v) is 4.34. The highest BCUT2D eigenvalue weighted by molar-refractivity contribution is 5.12.